The summed E-state index contributed by atoms with van der Waals surface area (Å²) >= 11 is 0. The molecular weight excluding hydrogens is 254 g/mol. The van der Waals surface area contributed by atoms with Gasteiger partial charge in [0, 0.05) is 13.0 Å². The Morgan fingerprint density at radius 1 is 1.15 bits per heavy atom. The summed E-state index contributed by atoms with van der Waals surface area (Å²) in [4.78, 5) is 2.51. The Hall–Kier alpha value is -1.89. The minimum atomic E-state index is 0.661. The quantitative estimate of drug-likeness (QED) is 0.820. The number of hydrogen-bond donors (Lipinski definition) is 0. The maximum Gasteiger partial charge on any atom is 0.179 e. The average Bonchev–Trinajstić information content (AvgIpc) is 3.01. The van der Waals surface area contributed by atoms with Gasteiger partial charge in [0.05, 0.1) is 5.69 Å². The normalized spacial score (nSPS) is 16.4. The molecule has 0 atom stereocenters. The molecule has 106 valence electrons. The molecule has 2 aromatic heterocycles. The fourth-order valence-corrected chi connectivity index (χ4v) is 2.57. The number of tetrazole rings is 1. The molecule has 0 spiro atoms. The molecule has 20 heavy (non-hydrogen) atoms. The second kappa shape index (κ2) is 6.04. The zero-order valence-electron chi connectivity index (χ0n) is 11.7. The molecule has 0 amide bonds. The van der Waals surface area contributed by atoms with Gasteiger partial charge in [-0.05, 0) is 54.9 Å². The maximum atomic E-state index is 4.33. The van der Waals surface area contributed by atoms with Gasteiger partial charge in [-0.2, -0.15) is 9.78 Å². The second-order valence-corrected chi connectivity index (χ2v) is 5.24. The van der Waals surface area contributed by atoms with Crippen molar-refractivity contribution in [2.45, 2.75) is 32.6 Å². The van der Waals surface area contributed by atoms with Crippen LogP contribution in [-0.2, 0) is 6.42 Å². The highest BCUT2D eigenvalue weighted by molar-refractivity contribution is 5.27. The van der Waals surface area contributed by atoms with Crippen molar-refractivity contribution in [1.82, 2.24) is 35.3 Å². The monoisotopic (exact) mass is 273 g/mol. The molecule has 2 aromatic rings. The topological polar surface area (TPSA) is 72.6 Å². The van der Waals surface area contributed by atoms with Gasteiger partial charge in [-0.15, -0.1) is 10.2 Å². The number of hydrogen-bond acceptors (Lipinski definition) is 6. The number of piperidine rings is 1. The van der Waals surface area contributed by atoms with Crippen LogP contribution in [0, 0.1) is 6.92 Å². The Balaban J connectivity index is 1.65. The lowest BCUT2D eigenvalue weighted by Crippen LogP contribution is -2.31. The van der Waals surface area contributed by atoms with E-state index in [0.717, 1.165) is 24.2 Å². The van der Waals surface area contributed by atoms with Crippen LogP contribution in [0.1, 0.15) is 30.5 Å². The van der Waals surface area contributed by atoms with Crippen molar-refractivity contribution >= 4 is 0 Å². The van der Waals surface area contributed by atoms with E-state index >= 15 is 0 Å². The Morgan fingerprint density at radius 3 is 2.70 bits per heavy atom. The molecule has 0 radical (unpaired) electrons. The van der Waals surface area contributed by atoms with Crippen molar-refractivity contribution in [2.24, 2.45) is 0 Å². The first-order valence-corrected chi connectivity index (χ1v) is 7.12. The summed E-state index contributed by atoms with van der Waals surface area (Å²) in [6, 6.07) is 1.98. The summed E-state index contributed by atoms with van der Waals surface area (Å²) in [7, 11) is 0. The third-order valence-corrected chi connectivity index (χ3v) is 3.77. The fraction of sp³-hybridized carbons (Fsp3) is 0.615. The molecule has 0 aliphatic carbocycles. The molecule has 7 heteroatoms. The SMILES string of the molecule is Cc1cc(-n2cnnn2)nnc1CCN1CCCCC1. The molecule has 0 N–H and O–H groups in total. The molecule has 0 unspecified atom stereocenters. The molecule has 3 heterocycles. The van der Waals surface area contributed by atoms with Gasteiger partial charge < -0.3 is 4.90 Å². The Kier molecular flexibility index (Phi) is 3.96. The number of nitrogens with zero attached hydrogens (tertiary/aromatic N) is 7. The van der Waals surface area contributed by atoms with Crippen molar-refractivity contribution in [3.05, 3.63) is 23.7 Å². The minimum Gasteiger partial charge on any atom is -0.303 e. The van der Waals surface area contributed by atoms with Gasteiger partial charge >= 0.3 is 0 Å². The third kappa shape index (κ3) is 2.98. The lowest BCUT2D eigenvalue weighted by molar-refractivity contribution is 0.230. The van der Waals surface area contributed by atoms with Crippen LogP contribution in [0.15, 0.2) is 12.4 Å². The highest BCUT2D eigenvalue weighted by Gasteiger charge is 2.12. The van der Waals surface area contributed by atoms with E-state index in [1.807, 2.05) is 6.07 Å². The van der Waals surface area contributed by atoms with Crippen LogP contribution in [0.5, 0.6) is 0 Å². The number of aromatic nitrogens is 6. The molecule has 7 nitrogen and oxygen atoms in total. The van der Waals surface area contributed by atoms with Crippen molar-refractivity contribution < 1.29 is 0 Å². The van der Waals surface area contributed by atoms with Crippen LogP contribution in [-0.4, -0.2) is 54.9 Å². The summed E-state index contributed by atoms with van der Waals surface area (Å²) in [6.07, 6.45) is 6.49. The van der Waals surface area contributed by atoms with Crippen LogP contribution < -0.4 is 0 Å². The first kappa shape index (κ1) is 13.1. The molecule has 1 fully saturated rings. The van der Waals surface area contributed by atoms with Crippen molar-refractivity contribution in [3.63, 3.8) is 0 Å². The smallest absolute Gasteiger partial charge is 0.179 e. The molecule has 0 saturated carbocycles. The zero-order valence-corrected chi connectivity index (χ0v) is 11.7. The van der Waals surface area contributed by atoms with Crippen LogP contribution in [0.3, 0.4) is 0 Å². The summed E-state index contributed by atoms with van der Waals surface area (Å²) in [6.45, 7) is 5.57. The van der Waals surface area contributed by atoms with Gasteiger partial charge in [0.2, 0.25) is 0 Å². The van der Waals surface area contributed by atoms with Crippen molar-refractivity contribution in [2.75, 3.05) is 19.6 Å². The van der Waals surface area contributed by atoms with E-state index in [4.69, 9.17) is 0 Å². The first-order valence-electron chi connectivity index (χ1n) is 7.12. The van der Waals surface area contributed by atoms with Gasteiger partial charge in [0.1, 0.15) is 6.33 Å². The Morgan fingerprint density at radius 2 is 2.00 bits per heavy atom. The van der Waals surface area contributed by atoms with Crippen molar-refractivity contribution in [1.29, 1.82) is 0 Å². The Labute approximate surface area is 118 Å². The maximum absolute atomic E-state index is 4.33. The molecule has 0 aromatic carbocycles. The fourth-order valence-electron chi connectivity index (χ4n) is 2.57. The average molecular weight is 273 g/mol. The Bertz CT molecular complexity index is 546. The number of likely N-dealkylation sites (tertiary alicyclic amines) is 1. The van der Waals surface area contributed by atoms with Crippen LogP contribution in [0.25, 0.3) is 5.82 Å². The molecule has 1 aliphatic heterocycles. The van der Waals surface area contributed by atoms with E-state index in [1.54, 1.807) is 0 Å². The predicted octanol–water partition coefficient (Wildman–Crippen LogP) is 0.789. The van der Waals surface area contributed by atoms with E-state index in [9.17, 15) is 0 Å². The van der Waals surface area contributed by atoms with E-state index in [2.05, 4.69) is 37.5 Å². The number of rotatable bonds is 4. The summed E-state index contributed by atoms with van der Waals surface area (Å²) in [5.41, 5.74) is 2.20. The summed E-state index contributed by atoms with van der Waals surface area (Å²) < 4.78 is 1.52. The molecule has 1 aliphatic rings. The van der Waals surface area contributed by atoms with Gasteiger partial charge in [0.25, 0.3) is 0 Å². The predicted molar refractivity (Wildman–Crippen MR) is 73.5 cm³/mol. The zero-order chi connectivity index (χ0) is 13.8. The molecule has 0 bridgehead atoms. The minimum absolute atomic E-state index is 0.661. The van der Waals surface area contributed by atoms with Gasteiger partial charge in [-0.25, -0.2) is 0 Å². The van der Waals surface area contributed by atoms with E-state index in [1.165, 1.54) is 43.4 Å². The van der Waals surface area contributed by atoms with Gasteiger partial charge in [-0.1, -0.05) is 6.42 Å². The lowest BCUT2D eigenvalue weighted by Gasteiger charge is -2.26. The molecule has 3 rings (SSSR count). The van der Waals surface area contributed by atoms with Crippen molar-refractivity contribution in [3.8, 4) is 5.82 Å². The van der Waals surface area contributed by atoms with E-state index in [-0.39, 0.29) is 0 Å². The lowest BCUT2D eigenvalue weighted by atomic mass is 10.1. The molecular formula is C13H19N7. The van der Waals surface area contributed by atoms with Gasteiger partial charge in [0.15, 0.2) is 5.82 Å². The van der Waals surface area contributed by atoms with Crippen LogP contribution in [0.2, 0.25) is 0 Å². The first-order chi connectivity index (χ1) is 9.83. The summed E-state index contributed by atoms with van der Waals surface area (Å²) in [5, 5.41) is 19.6. The van der Waals surface area contributed by atoms with Crippen LogP contribution >= 0.6 is 0 Å². The standard InChI is InChI=1S/C13H19N7/c1-11-9-13(20-10-14-17-18-20)16-15-12(11)5-8-19-6-3-2-4-7-19/h9-10H,2-8H2,1H3. The molecule has 1 saturated heterocycles. The number of aryl methyl sites for hydroxylation is 1. The highest BCUT2D eigenvalue weighted by atomic mass is 15.5. The summed E-state index contributed by atoms with van der Waals surface area (Å²) in [5.74, 6) is 0.661. The van der Waals surface area contributed by atoms with E-state index in [0.29, 0.717) is 5.82 Å². The highest BCUT2D eigenvalue weighted by Crippen LogP contribution is 2.12. The van der Waals surface area contributed by atoms with Gasteiger partial charge in [-0.3, -0.25) is 0 Å². The largest absolute Gasteiger partial charge is 0.303 e. The second-order valence-electron chi connectivity index (χ2n) is 5.24. The van der Waals surface area contributed by atoms with E-state index < -0.39 is 0 Å². The third-order valence-electron chi connectivity index (χ3n) is 3.77. The van der Waals surface area contributed by atoms with Crippen LogP contribution in [0.4, 0.5) is 0 Å².